The van der Waals surface area contributed by atoms with Gasteiger partial charge in [0.05, 0.1) is 23.9 Å². The Morgan fingerprint density at radius 1 is 1.10 bits per heavy atom. The molecule has 2 rings (SSSR count). The normalized spacial score (nSPS) is 11.7. The van der Waals surface area contributed by atoms with Crippen molar-refractivity contribution in [2.45, 2.75) is 51.2 Å². The van der Waals surface area contributed by atoms with Crippen molar-refractivity contribution in [2.24, 2.45) is 0 Å². The van der Waals surface area contributed by atoms with Gasteiger partial charge in [0.2, 0.25) is 11.8 Å². The zero-order chi connectivity index (χ0) is 30.6. The van der Waals surface area contributed by atoms with E-state index < -0.39 is 59.5 Å². The first-order valence-corrected chi connectivity index (χ1v) is 12.6. The van der Waals surface area contributed by atoms with Gasteiger partial charge in [-0.05, 0) is 49.1 Å². The molecule has 0 radical (unpaired) electrons. The number of pyridine rings is 1. The van der Waals surface area contributed by atoms with E-state index in [0.717, 1.165) is 29.9 Å². The third-order valence-corrected chi connectivity index (χ3v) is 5.78. The number of nitrogens with zero attached hydrogens (tertiary/aromatic N) is 2. The van der Waals surface area contributed by atoms with Crippen LogP contribution >= 0.6 is 11.6 Å². The number of hydrogen-bond donors (Lipinski definition) is 3. The van der Waals surface area contributed by atoms with Crippen molar-refractivity contribution in [1.82, 2.24) is 15.6 Å². The molecule has 0 saturated carbocycles. The average molecular weight is 602 g/mol. The first-order valence-electron chi connectivity index (χ1n) is 12.2. The molecule has 41 heavy (non-hydrogen) atoms. The molecule has 0 aliphatic carbocycles. The molecule has 2 amide bonds. The Bertz CT molecular complexity index is 1280. The minimum atomic E-state index is -5.44. The number of rotatable bonds is 14. The van der Waals surface area contributed by atoms with E-state index >= 15 is 0 Å². The molecule has 1 aromatic heterocycles. The summed E-state index contributed by atoms with van der Waals surface area (Å²) in [6.45, 7) is 2.05. The number of ether oxygens (including phenoxy) is 1. The second kappa shape index (κ2) is 15.5. The Labute approximate surface area is 237 Å². The van der Waals surface area contributed by atoms with Gasteiger partial charge in [-0.15, -0.1) is 0 Å². The molecular weight excluding hydrogens is 575 g/mol. The molecule has 2 aromatic rings. The predicted molar refractivity (Wildman–Crippen MR) is 140 cm³/mol. The summed E-state index contributed by atoms with van der Waals surface area (Å²) in [5.74, 6) is -4.95. The number of nitro benzene ring substituents is 1. The van der Waals surface area contributed by atoms with Gasteiger partial charge in [0.15, 0.2) is 0 Å². The van der Waals surface area contributed by atoms with Crippen molar-refractivity contribution < 1.29 is 42.0 Å². The van der Waals surface area contributed by atoms with Crippen molar-refractivity contribution in [3.8, 4) is 0 Å². The largest absolute Gasteiger partial charge is 0.491 e. The van der Waals surface area contributed by atoms with Crippen LogP contribution < -0.4 is 16.0 Å². The molecule has 1 aromatic carbocycles. The molecule has 16 heteroatoms. The van der Waals surface area contributed by atoms with Crippen molar-refractivity contribution in [3.63, 3.8) is 0 Å². The second-order valence-electron chi connectivity index (χ2n) is 8.78. The van der Waals surface area contributed by atoms with Crippen LogP contribution in [0.3, 0.4) is 0 Å². The van der Waals surface area contributed by atoms with Crippen LogP contribution in [0, 0.1) is 17.0 Å². The van der Waals surface area contributed by atoms with Gasteiger partial charge < -0.3 is 20.7 Å². The number of halogens is 4. The zero-order valence-corrected chi connectivity index (χ0v) is 22.5. The topological polar surface area (TPSA) is 170 Å². The summed E-state index contributed by atoms with van der Waals surface area (Å²) >= 11 is 5.77. The maximum absolute atomic E-state index is 12.5. The van der Waals surface area contributed by atoms with Gasteiger partial charge in [-0.3, -0.25) is 24.5 Å². The highest BCUT2D eigenvalue weighted by atomic mass is 35.5. The molecule has 0 aliphatic heterocycles. The lowest BCUT2D eigenvalue weighted by Gasteiger charge is -2.19. The van der Waals surface area contributed by atoms with E-state index in [0.29, 0.717) is 19.4 Å². The summed E-state index contributed by atoms with van der Waals surface area (Å²) in [5.41, 5.74) is 0.397. The van der Waals surface area contributed by atoms with Gasteiger partial charge in [-0.25, -0.2) is 9.78 Å². The monoisotopic (exact) mass is 601 g/mol. The third-order valence-electron chi connectivity index (χ3n) is 5.46. The first kappa shape index (κ1) is 32.9. The lowest BCUT2D eigenvalue weighted by molar-refractivity contribution is -0.384. The fraction of sp³-hybridized carbons (Fsp3) is 0.400. The van der Waals surface area contributed by atoms with E-state index in [1.54, 1.807) is 6.20 Å². The van der Waals surface area contributed by atoms with E-state index in [9.17, 15) is 42.5 Å². The fourth-order valence-electron chi connectivity index (χ4n) is 3.46. The average Bonchev–Trinajstić information content (AvgIpc) is 2.88. The zero-order valence-electron chi connectivity index (χ0n) is 21.8. The highest BCUT2D eigenvalue weighted by Gasteiger charge is 2.42. The van der Waals surface area contributed by atoms with Crippen molar-refractivity contribution in [2.75, 3.05) is 18.4 Å². The Hall–Kier alpha value is -4.27. The second-order valence-corrected chi connectivity index (χ2v) is 9.19. The standard InChI is InChI=1S/C25H27ClF3N5O7/c1-15-8-10-31-20(11-15)30-9-4-2-3-5-21(35)32-14-22(36)33-18(13-23(37)41-24(38)25(27,28)29)16-6-7-17(26)19(12-16)34(39)40/h6-8,10-12,18H,2-5,9,13-14H2,1H3,(H,30,31)(H,32,35)(H,33,36). The molecular formula is C25H27ClF3N5O7. The number of benzene rings is 1. The number of nitro groups is 1. The summed E-state index contributed by atoms with van der Waals surface area (Å²) in [6.07, 6.45) is -2.58. The number of unbranched alkanes of at least 4 members (excludes halogenated alkanes) is 2. The van der Waals surface area contributed by atoms with Crippen molar-refractivity contribution >= 4 is 46.9 Å². The number of amides is 2. The number of aryl methyl sites for hydroxylation is 1. The van der Waals surface area contributed by atoms with Crippen LogP contribution in [-0.2, 0) is 23.9 Å². The van der Waals surface area contributed by atoms with E-state index in [1.807, 2.05) is 19.1 Å². The lowest BCUT2D eigenvalue weighted by atomic mass is 10.0. The van der Waals surface area contributed by atoms with Crippen LogP contribution in [0.25, 0.3) is 0 Å². The molecule has 1 atom stereocenters. The molecule has 0 aliphatic rings. The molecule has 0 spiro atoms. The summed E-state index contributed by atoms with van der Waals surface area (Å²) in [6, 6.07) is 5.54. The number of carbonyl (C=O) groups is 4. The Balaban J connectivity index is 1.88. The fourth-order valence-corrected chi connectivity index (χ4v) is 3.64. The lowest BCUT2D eigenvalue weighted by Crippen LogP contribution is -2.39. The van der Waals surface area contributed by atoms with Crippen LogP contribution in [0.15, 0.2) is 36.5 Å². The minimum absolute atomic E-state index is 0.0772. The highest BCUT2D eigenvalue weighted by molar-refractivity contribution is 6.32. The molecule has 0 bridgehead atoms. The van der Waals surface area contributed by atoms with Crippen LogP contribution in [0.5, 0.6) is 0 Å². The smallest absolute Gasteiger partial charge is 0.386 e. The van der Waals surface area contributed by atoms with E-state index in [-0.39, 0.29) is 17.0 Å². The number of anilines is 1. The third kappa shape index (κ3) is 11.8. The Morgan fingerprint density at radius 2 is 1.83 bits per heavy atom. The quantitative estimate of drug-likeness (QED) is 0.0954. The van der Waals surface area contributed by atoms with Gasteiger partial charge in [-0.2, -0.15) is 13.2 Å². The molecule has 0 saturated heterocycles. The van der Waals surface area contributed by atoms with Gasteiger partial charge in [0.25, 0.3) is 5.69 Å². The number of alkyl halides is 3. The summed E-state index contributed by atoms with van der Waals surface area (Å²) in [4.78, 5) is 62.1. The van der Waals surface area contributed by atoms with Gasteiger partial charge >= 0.3 is 18.1 Å². The Morgan fingerprint density at radius 3 is 2.49 bits per heavy atom. The van der Waals surface area contributed by atoms with Crippen LogP contribution in [0.2, 0.25) is 5.02 Å². The Kier molecular flexibility index (Phi) is 12.5. The number of esters is 2. The van der Waals surface area contributed by atoms with Gasteiger partial charge in [0.1, 0.15) is 10.8 Å². The van der Waals surface area contributed by atoms with Crippen LogP contribution in [0.4, 0.5) is 24.7 Å². The van der Waals surface area contributed by atoms with Crippen molar-refractivity contribution in [3.05, 3.63) is 62.8 Å². The summed E-state index contributed by atoms with van der Waals surface area (Å²) in [7, 11) is 0. The molecule has 1 heterocycles. The van der Waals surface area contributed by atoms with E-state index in [2.05, 4.69) is 25.7 Å². The van der Waals surface area contributed by atoms with Gasteiger partial charge in [0, 0.05) is 25.2 Å². The number of hydrogen-bond acceptors (Lipinski definition) is 9. The summed E-state index contributed by atoms with van der Waals surface area (Å²) < 4.78 is 41.1. The first-order chi connectivity index (χ1) is 19.3. The molecule has 0 fully saturated rings. The number of aromatic nitrogens is 1. The minimum Gasteiger partial charge on any atom is -0.386 e. The maximum atomic E-state index is 12.5. The summed E-state index contributed by atoms with van der Waals surface area (Å²) in [5, 5.41) is 18.8. The molecule has 222 valence electrons. The maximum Gasteiger partial charge on any atom is 0.491 e. The molecule has 12 nitrogen and oxygen atoms in total. The molecule has 1 unspecified atom stereocenters. The van der Waals surface area contributed by atoms with E-state index in [1.165, 1.54) is 6.07 Å². The van der Waals surface area contributed by atoms with Gasteiger partial charge in [-0.1, -0.05) is 24.1 Å². The highest BCUT2D eigenvalue weighted by Crippen LogP contribution is 2.29. The SMILES string of the molecule is Cc1ccnc(NCCCCCC(=O)NCC(=O)NC(CC(=O)OC(=O)C(F)(F)F)c2ccc(Cl)c([N+](=O)[O-])c2)c1. The molecule has 3 N–H and O–H groups in total. The van der Waals surface area contributed by atoms with Crippen LogP contribution in [-0.4, -0.2) is 52.9 Å². The van der Waals surface area contributed by atoms with Crippen LogP contribution in [0.1, 0.15) is 49.3 Å². The number of nitrogens with one attached hydrogen (secondary N) is 3. The van der Waals surface area contributed by atoms with Crippen molar-refractivity contribution in [1.29, 1.82) is 0 Å². The van der Waals surface area contributed by atoms with E-state index in [4.69, 9.17) is 11.6 Å². The number of carbonyl (C=O) groups excluding carboxylic acids is 4. The predicted octanol–water partition coefficient (Wildman–Crippen LogP) is 3.92.